The Morgan fingerprint density at radius 3 is 2.39 bits per heavy atom. The summed E-state index contributed by atoms with van der Waals surface area (Å²) in [4.78, 5) is 7.22. The molecule has 0 radical (unpaired) electrons. The predicted octanol–water partition coefficient (Wildman–Crippen LogP) is 3.30. The molecule has 0 saturated carbocycles. The molecule has 1 aliphatic rings. The Morgan fingerprint density at radius 2 is 1.82 bits per heavy atom. The average molecular weight is 569 g/mol. The van der Waals surface area contributed by atoms with Gasteiger partial charge in [0.25, 0.3) is 0 Å². The number of aliphatic hydroxyl groups excluding tert-OH is 1. The van der Waals surface area contributed by atoms with E-state index in [9.17, 15) is 5.11 Å². The fourth-order valence-electron chi connectivity index (χ4n) is 4.28. The first-order valence-corrected chi connectivity index (χ1v) is 11.9. The second-order valence-electron chi connectivity index (χ2n) is 9.04. The number of benzene rings is 1. The number of piperidine rings is 1. The molecule has 33 heavy (non-hydrogen) atoms. The quantitative estimate of drug-likeness (QED) is 0.259. The molecule has 1 aliphatic heterocycles. The largest absolute Gasteiger partial charge is 0.393 e. The molecule has 3 rings (SSSR count). The zero-order chi connectivity index (χ0) is 23.1. The Hall–Kier alpha value is -1.65. The van der Waals surface area contributed by atoms with Crippen molar-refractivity contribution < 1.29 is 5.11 Å². The number of hydrogen-bond donors (Lipinski definition) is 3. The molecule has 1 aromatic heterocycles. The Kier molecular flexibility index (Phi) is 11.1. The van der Waals surface area contributed by atoms with E-state index in [1.54, 1.807) is 0 Å². The minimum Gasteiger partial charge on any atom is -0.393 e. The van der Waals surface area contributed by atoms with E-state index in [1.807, 2.05) is 11.7 Å². The molecule has 1 atom stereocenters. The fraction of sp³-hybridized carbons (Fsp3) is 0.600. The number of aryl methyl sites for hydroxylation is 2. The van der Waals surface area contributed by atoms with E-state index < -0.39 is 0 Å². The third kappa shape index (κ3) is 8.26. The molecule has 0 bridgehead atoms. The highest BCUT2D eigenvalue weighted by atomic mass is 127. The molecule has 1 fully saturated rings. The molecule has 0 amide bonds. The van der Waals surface area contributed by atoms with Crippen LogP contribution in [0.3, 0.4) is 0 Å². The molecule has 1 unspecified atom stereocenters. The van der Waals surface area contributed by atoms with Crippen LogP contribution in [0.4, 0.5) is 0 Å². The van der Waals surface area contributed by atoms with E-state index in [0.29, 0.717) is 6.54 Å². The van der Waals surface area contributed by atoms with Crippen molar-refractivity contribution in [2.75, 3.05) is 19.6 Å². The van der Waals surface area contributed by atoms with E-state index in [1.165, 1.54) is 22.4 Å². The minimum absolute atomic E-state index is 0. The number of aliphatic hydroxyl groups is 1. The highest BCUT2D eigenvalue weighted by Gasteiger charge is 2.17. The zero-order valence-electron chi connectivity index (χ0n) is 20.8. The normalized spacial score (nSPS) is 16.4. The van der Waals surface area contributed by atoms with E-state index in [4.69, 9.17) is 4.99 Å². The monoisotopic (exact) mass is 568 g/mol. The van der Waals surface area contributed by atoms with Gasteiger partial charge in [-0.25, -0.2) is 4.99 Å². The van der Waals surface area contributed by atoms with Gasteiger partial charge in [-0.15, -0.1) is 24.0 Å². The molecule has 1 aromatic carbocycles. The summed E-state index contributed by atoms with van der Waals surface area (Å²) in [5, 5.41) is 21.1. The third-order valence-corrected chi connectivity index (χ3v) is 6.30. The van der Waals surface area contributed by atoms with E-state index >= 15 is 0 Å². The molecule has 0 aliphatic carbocycles. The van der Waals surface area contributed by atoms with Crippen LogP contribution in [0.25, 0.3) is 0 Å². The highest BCUT2D eigenvalue weighted by molar-refractivity contribution is 14.0. The maximum absolute atomic E-state index is 9.67. The van der Waals surface area contributed by atoms with Crippen molar-refractivity contribution in [2.24, 2.45) is 12.0 Å². The van der Waals surface area contributed by atoms with Crippen molar-refractivity contribution in [3.8, 4) is 0 Å². The standard InChI is InChI=1S/C25H40N6O.HI/c1-6-26-25(28-18(2)15-24-19(3)29-30(5)20(24)4)27-16-21-7-9-22(10-8-21)17-31-13-11-23(32)12-14-31;/h7-10,18,23,32H,6,11-17H2,1-5H3,(H2,26,27,28);1H. The molecule has 7 nitrogen and oxygen atoms in total. The number of aromatic nitrogens is 2. The average Bonchev–Trinajstić information content (AvgIpc) is 3.00. The van der Waals surface area contributed by atoms with Crippen LogP contribution in [-0.2, 0) is 26.6 Å². The number of aliphatic imine (C=N–C) groups is 1. The van der Waals surface area contributed by atoms with Crippen molar-refractivity contribution in [1.29, 1.82) is 0 Å². The van der Waals surface area contributed by atoms with Gasteiger partial charge in [0.2, 0.25) is 0 Å². The van der Waals surface area contributed by atoms with Crippen LogP contribution in [-0.4, -0.2) is 57.5 Å². The lowest BCUT2D eigenvalue weighted by atomic mass is 10.1. The van der Waals surface area contributed by atoms with Crippen LogP contribution in [0, 0.1) is 13.8 Å². The van der Waals surface area contributed by atoms with Crippen LogP contribution in [0.5, 0.6) is 0 Å². The minimum atomic E-state index is -0.119. The summed E-state index contributed by atoms with van der Waals surface area (Å²) in [6.07, 6.45) is 2.56. The molecule has 184 valence electrons. The zero-order valence-corrected chi connectivity index (χ0v) is 23.1. The number of hydrogen-bond acceptors (Lipinski definition) is 4. The predicted molar refractivity (Wildman–Crippen MR) is 146 cm³/mol. The maximum Gasteiger partial charge on any atom is 0.191 e. The van der Waals surface area contributed by atoms with Crippen molar-refractivity contribution in [2.45, 2.75) is 72.2 Å². The lowest BCUT2D eigenvalue weighted by Crippen LogP contribution is -2.43. The first-order chi connectivity index (χ1) is 15.4. The summed E-state index contributed by atoms with van der Waals surface area (Å²) < 4.78 is 1.95. The van der Waals surface area contributed by atoms with Crippen molar-refractivity contribution in [3.05, 3.63) is 52.3 Å². The smallest absolute Gasteiger partial charge is 0.191 e. The second kappa shape index (κ2) is 13.3. The summed E-state index contributed by atoms with van der Waals surface area (Å²) in [6.45, 7) is 12.8. The number of rotatable bonds is 8. The molecular weight excluding hydrogens is 527 g/mol. The van der Waals surface area contributed by atoms with Crippen LogP contribution in [0.2, 0.25) is 0 Å². The van der Waals surface area contributed by atoms with Gasteiger partial charge in [-0.1, -0.05) is 24.3 Å². The van der Waals surface area contributed by atoms with Crippen LogP contribution >= 0.6 is 24.0 Å². The number of nitrogens with zero attached hydrogens (tertiary/aromatic N) is 4. The SMILES string of the molecule is CCNC(=NCc1ccc(CN2CCC(O)CC2)cc1)NC(C)Cc1c(C)nn(C)c1C.I. The number of nitrogens with one attached hydrogen (secondary N) is 2. The highest BCUT2D eigenvalue weighted by Crippen LogP contribution is 2.15. The molecular formula is C25H41IN6O. The van der Waals surface area contributed by atoms with Crippen molar-refractivity contribution in [1.82, 2.24) is 25.3 Å². The van der Waals surface area contributed by atoms with Crippen LogP contribution < -0.4 is 10.6 Å². The summed E-state index contributed by atoms with van der Waals surface area (Å²) in [6, 6.07) is 9.00. The summed E-state index contributed by atoms with van der Waals surface area (Å²) in [5.74, 6) is 0.843. The second-order valence-corrected chi connectivity index (χ2v) is 9.04. The Labute approximate surface area is 216 Å². The summed E-state index contributed by atoms with van der Waals surface area (Å²) in [5.41, 5.74) is 6.14. The van der Waals surface area contributed by atoms with Gasteiger partial charge in [-0.2, -0.15) is 5.10 Å². The Balaban J connectivity index is 0.00000385. The van der Waals surface area contributed by atoms with Crippen molar-refractivity contribution >= 4 is 29.9 Å². The molecule has 2 aromatic rings. The number of halogens is 1. The molecule has 2 heterocycles. The van der Waals surface area contributed by atoms with Crippen LogP contribution in [0.1, 0.15) is 54.8 Å². The van der Waals surface area contributed by atoms with Crippen LogP contribution in [0.15, 0.2) is 29.3 Å². The van der Waals surface area contributed by atoms with Gasteiger partial charge in [0.1, 0.15) is 0 Å². The van der Waals surface area contributed by atoms with E-state index in [-0.39, 0.29) is 36.1 Å². The maximum atomic E-state index is 9.67. The molecule has 0 spiro atoms. The summed E-state index contributed by atoms with van der Waals surface area (Å²) in [7, 11) is 2.00. The van der Waals surface area contributed by atoms with Gasteiger partial charge >= 0.3 is 0 Å². The lowest BCUT2D eigenvalue weighted by molar-refractivity contribution is 0.0792. The number of likely N-dealkylation sites (tertiary alicyclic amines) is 1. The first kappa shape index (κ1) is 27.6. The number of guanidine groups is 1. The molecule has 8 heteroatoms. The molecule has 1 saturated heterocycles. The lowest BCUT2D eigenvalue weighted by Gasteiger charge is -2.29. The fourth-order valence-corrected chi connectivity index (χ4v) is 4.28. The Morgan fingerprint density at radius 1 is 1.18 bits per heavy atom. The third-order valence-electron chi connectivity index (χ3n) is 6.30. The first-order valence-electron chi connectivity index (χ1n) is 11.9. The van der Waals surface area contributed by atoms with Gasteiger partial charge in [0.05, 0.1) is 18.3 Å². The van der Waals surface area contributed by atoms with Gasteiger partial charge in [0, 0.05) is 45.0 Å². The topological polar surface area (TPSA) is 77.7 Å². The van der Waals surface area contributed by atoms with E-state index in [0.717, 1.165) is 57.1 Å². The van der Waals surface area contributed by atoms with Gasteiger partial charge in [-0.3, -0.25) is 9.58 Å². The van der Waals surface area contributed by atoms with Gasteiger partial charge < -0.3 is 15.7 Å². The van der Waals surface area contributed by atoms with Gasteiger partial charge in [0.15, 0.2) is 5.96 Å². The van der Waals surface area contributed by atoms with E-state index in [2.05, 4.69) is 72.6 Å². The van der Waals surface area contributed by atoms with Gasteiger partial charge in [-0.05, 0) is 63.6 Å². The van der Waals surface area contributed by atoms with Crippen molar-refractivity contribution in [3.63, 3.8) is 0 Å². The molecule has 3 N–H and O–H groups in total. The Bertz CT molecular complexity index is 887. The summed E-state index contributed by atoms with van der Waals surface area (Å²) >= 11 is 0.